The standard InChI is InChI=1S/C11H18N2O2S/c1-16-9-5-3-2-4-7(9)12-8-6-10(14)13-11(8)15/h7-9,12H,2-6H2,1H3,(H,13,14,15). The summed E-state index contributed by atoms with van der Waals surface area (Å²) in [6, 6.07) is 0.0793. The van der Waals surface area contributed by atoms with E-state index in [1.54, 1.807) is 0 Å². The molecule has 2 N–H and O–H groups in total. The van der Waals surface area contributed by atoms with Crippen molar-refractivity contribution >= 4 is 23.6 Å². The van der Waals surface area contributed by atoms with E-state index in [0.29, 0.717) is 17.7 Å². The summed E-state index contributed by atoms with van der Waals surface area (Å²) < 4.78 is 0. The fraction of sp³-hybridized carbons (Fsp3) is 0.818. The van der Waals surface area contributed by atoms with Crippen LogP contribution in [0.15, 0.2) is 0 Å². The first-order valence-electron chi connectivity index (χ1n) is 5.83. The molecule has 0 aromatic carbocycles. The highest BCUT2D eigenvalue weighted by Gasteiger charge is 2.34. The van der Waals surface area contributed by atoms with Crippen LogP contribution in [0.5, 0.6) is 0 Å². The Bertz CT molecular complexity index is 296. The van der Waals surface area contributed by atoms with Gasteiger partial charge in [-0.25, -0.2) is 0 Å². The second-order valence-electron chi connectivity index (χ2n) is 4.50. The van der Waals surface area contributed by atoms with E-state index in [-0.39, 0.29) is 17.9 Å². The number of nitrogens with one attached hydrogen (secondary N) is 2. The van der Waals surface area contributed by atoms with Gasteiger partial charge in [0, 0.05) is 11.3 Å². The number of thioether (sulfide) groups is 1. The van der Waals surface area contributed by atoms with E-state index >= 15 is 0 Å². The van der Waals surface area contributed by atoms with E-state index in [9.17, 15) is 9.59 Å². The summed E-state index contributed by atoms with van der Waals surface area (Å²) in [6.45, 7) is 0. The van der Waals surface area contributed by atoms with Gasteiger partial charge in [-0.15, -0.1) is 0 Å². The van der Waals surface area contributed by atoms with Crippen molar-refractivity contribution in [1.82, 2.24) is 10.6 Å². The van der Waals surface area contributed by atoms with Crippen LogP contribution in [0.25, 0.3) is 0 Å². The molecule has 0 aromatic heterocycles. The zero-order chi connectivity index (χ0) is 11.5. The first kappa shape index (κ1) is 11.9. The van der Waals surface area contributed by atoms with Crippen LogP contribution >= 0.6 is 11.8 Å². The van der Waals surface area contributed by atoms with Crippen LogP contribution in [0.3, 0.4) is 0 Å². The Kier molecular flexibility index (Phi) is 3.86. The Morgan fingerprint density at radius 3 is 2.69 bits per heavy atom. The van der Waals surface area contributed by atoms with Gasteiger partial charge in [0.1, 0.15) is 0 Å². The highest BCUT2D eigenvalue weighted by Crippen LogP contribution is 2.27. The third kappa shape index (κ3) is 2.58. The summed E-state index contributed by atoms with van der Waals surface area (Å²) in [5.74, 6) is -0.311. The molecule has 16 heavy (non-hydrogen) atoms. The lowest BCUT2D eigenvalue weighted by Gasteiger charge is -2.32. The van der Waals surface area contributed by atoms with Crippen LogP contribution in [0.4, 0.5) is 0 Å². The smallest absolute Gasteiger partial charge is 0.244 e. The van der Waals surface area contributed by atoms with Crippen molar-refractivity contribution < 1.29 is 9.59 Å². The third-order valence-corrected chi connectivity index (χ3v) is 4.56. The number of carbonyl (C=O) groups is 2. The quantitative estimate of drug-likeness (QED) is 0.714. The first-order chi connectivity index (χ1) is 7.70. The second-order valence-corrected chi connectivity index (χ2v) is 5.58. The van der Waals surface area contributed by atoms with Crippen LogP contribution < -0.4 is 10.6 Å². The molecule has 4 nitrogen and oxygen atoms in total. The maximum atomic E-state index is 11.5. The lowest BCUT2D eigenvalue weighted by molar-refractivity contribution is -0.125. The van der Waals surface area contributed by atoms with Crippen molar-refractivity contribution in [3.8, 4) is 0 Å². The van der Waals surface area contributed by atoms with Gasteiger partial charge < -0.3 is 5.32 Å². The summed E-state index contributed by atoms with van der Waals surface area (Å²) in [6.07, 6.45) is 7.24. The molecule has 90 valence electrons. The molecule has 1 saturated carbocycles. The molecule has 2 rings (SSSR count). The lowest BCUT2D eigenvalue weighted by atomic mass is 9.94. The number of rotatable bonds is 3. The molecule has 3 atom stereocenters. The molecule has 2 aliphatic rings. The highest BCUT2D eigenvalue weighted by atomic mass is 32.2. The van der Waals surface area contributed by atoms with Crippen LogP contribution in [0.1, 0.15) is 32.1 Å². The van der Waals surface area contributed by atoms with Crippen molar-refractivity contribution in [3.63, 3.8) is 0 Å². The van der Waals surface area contributed by atoms with Crippen LogP contribution in [-0.4, -0.2) is 35.4 Å². The largest absolute Gasteiger partial charge is 0.302 e. The van der Waals surface area contributed by atoms with Gasteiger partial charge >= 0.3 is 0 Å². The Morgan fingerprint density at radius 2 is 2.06 bits per heavy atom. The zero-order valence-corrected chi connectivity index (χ0v) is 10.3. The molecule has 0 bridgehead atoms. The maximum absolute atomic E-state index is 11.5. The first-order valence-corrected chi connectivity index (χ1v) is 7.12. The van der Waals surface area contributed by atoms with Gasteiger partial charge in [0.2, 0.25) is 11.8 Å². The zero-order valence-electron chi connectivity index (χ0n) is 9.49. The number of hydrogen-bond donors (Lipinski definition) is 2. The number of imide groups is 1. The van der Waals surface area contributed by atoms with E-state index in [2.05, 4.69) is 16.9 Å². The predicted molar refractivity (Wildman–Crippen MR) is 64.2 cm³/mol. The van der Waals surface area contributed by atoms with Crippen LogP contribution in [0, 0.1) is 0 Å². The van der Waals surface area contributed by atoms with Gasteiger partial charge in [0.25, 0.3) is 0 Å². The monoisotopic (exact) mass is 242 g/mol. The lowest BCUT2D eigenvalue weighted by Crippen LogP contribution is -2.48. The molecule has 0 radical (unpaired) electrons. The van der Waals surface area contributed by atoms with E-state index < -0.39 is 0 Å². The molecule has 2 amide bonds. The summed E-state index contributed by atoms with van der Waals surface area (Å²) >= 11 is 1.86. The highest BCUT2D eigenvalue weighted by molar-refractivity contribution is 7.99. The molecular formula is C11H18N2O2S. The average Bonchev–Trinajstić information content (AvgIpc) is 2.58. The molecule has 5 heteroatoms. The molecule has 1 heterocycles. The maximum Gasteiger partial charge on any atom is 0.244 e. The van der Waals surface area contributed by atoms with Crippen molar-refractivity contribution in [1.29, 1.82) is 0 Å². The van der Waals surface area contributed by atoms with E-state index in [1.165, 1.54) is 19.3 Å². The molecule has 1 aliphatic heterocycles. The summed E-state index contributed by atoms with van der Waals surface area (Å²) in [4.78, 5) is 22.5. The summed E-state index contributed by atoms with van der Waals surface area (Å²) in [5, 5.41) is 6.27. The normalized spacial score (nSPS) is 35.2. The predicted octanol–water partition coefficient (Wildman–Crippen LogP) is 0.665. The number of carbonyl (C=O) groups excluding carboxylic acids is 2. The van der Waals surface area contributed by atoms with Crippen LogP contribution in [0.2, 0.25) is 0 Å². The average molecular weight is 242 g/mol. The topological polar surface area (TPSA) is 58.2 Å². The van der Waals surface area contributed by atoms with Crippen LogP contribution in [-0.2, 0) is 9.59 Å². The van der Waals surface area contributed by atoms with Crippen molar-refractivity contribution in [3.05, 3.63) is 0 Å². The van der Waals surface area contributed by atoms with Gasteiger partial charge in [0.15, 0.2) is 0 Å². The number of hydrogen-bond acceptors (Lipinski definition) is 4. The fourth-order valence-electron chi connectivity index (χ4n) is 2.52. The minimum atomic E-state index is -0.301. The van der Waals surface area contributed by atoms with Gasteiger partial charge in [-0.3, -0.25) is 14.9 Å². The SMILES string of the molecule is CSC1CCCCC1NC1CC(=O)NC1=O. The van der Waals surface area contributed by atoms with E-state index in [1.807, 2.05) is 11.8 Å². The van der Waals surface area contributed by atoms with Gasteiger partial charge in [-0.2, -0.15) is 11.8 Å². The Morgan fingerprint density at radius 1 is 1.31 bits per heavy atom. The fourth-order valence-corrected chi connectivity index (χ4v) is 3.46. The minimum absolute atomic E-state index is 0.154. The second kappa shape index (κ2) is 5.19. The minimum Gasteiger partial charge on any atom is -0.302 e. The van der Waals surface area contributed by atoms with E-state index in [4.69, 9.17) is 0 Å². The number of amides is 2. The Hall–Kier alpha value is -0.550. The molecule has 3 unspecified atom stereocenters. The molecule has 0 spiro atoms. The van der Waals surface area contributed by atoms with Gasteiger partial charge in [0.05, 0.1) is 12.5 Å². The van der Waals surface area contributed by atoms with Gasteiger partial charge in [-0.1, -0.05) is 12.8 Å². The summed E-state index contributed by atoms with van der Waals surface area (Å²) in [7, 11) is 0. The molecule has 1 saturated heterocycles. The Balaban J connectivity index is 1.92. The summed E-state index contributed by atoms with van der Waals surface area (Å²) in [5.41, 5.74) is 0. The molecule has 1 aliphatic carbocycles. The van der Waals surface area contributed by atoms with Crippen molar-refractivity contribution in [2.24, 2.45) is 0 Å². The van der Waals surface area contributed by atoms with Crippen molar-refractivity contribution in [2.45, 2.75) is 49.4 Å². The Labute approximate surface area is 99.9 Å². The van der Waals surface area contributed by atoms with Gasteiger partial charge in [-0.05, 0) is 19.1 Å². The van der Waals surface area contributed by atoms with E-state index in [0.717, 1.165) is 6.42 Å². The molecular weight excluding hydrogens is 224 g/mol. The third-order valence-electron chi connectivity index (χ3n) is 3.39. The molecule has 2 fully saturated rings. The molecule has 0 aromatic rings. The van der Waals surface area contributed by atoms with Crippen molar-refractivity contribution in [2.75, 3.05) is 6.26 Å².